The van der Waals surface area contributed by atoms with Crippen molar-refractivity contribution in [3.05, 3.63) is 71.9 Å². The van der Waals surface area contributed by atoms with Gasteiger partial charge < -0.3 is 14.2 Å². The number of ether oxygens (including phenoxy) is 3. The average molecular weight is 536 g/mol. The van der Waals surface area contributed by atoms with E-state index in [1.165, 1.54) is 28.8 Å². The maximum atomic E-state index is 13.1. The molecule has 39 heavy (non-hydrogen) atoms. The number of carbonyl (C=O) groups is 4. The quantitative estimate of drug-likeness (QED) is 0.268. The molecule has 0 fully saturated rings. The Hall–Kier alpha value is -4.60. The molecule has 0 aliphatic heterocycles. The highest BCUT2D eigenvalue weighted by Crippen LogP contribution is 2.24. The van der Waals surface area contributed by atoms with Crippen molar-refractivity contribution in [1.29, 1.82) is 0 Å². The van der Waals surface area contributed by atoms with Gasteiger partial charge in [-0.05, 0) is 65.0 Å². The summed E-state index contributed by atoms with van der Waals surface area (Å²) in [7, 11) is 1.25. The van der Waals surface area contributed by atoms with Crippen LogP contribution in [0, 0.1) is 0 Å². The number of methoxy groups -OCH3 is 1. The molecule has 3 rings (SSSR count). The number of hydrogen-bond donors (Lipinski definition) is 1. The summed E-state index contributed by atoms with van der Waals surface area (Å²) in [5.74, 6) is -1.25. The Balaban J connectivity index is 1.79. The third kappa shape index (κ3) is 7.70. The zero-order valence-electron chi connectivity index (χ0n) is 22.9. The molecule has 0 atom stereocenters. The van der Waals surface area contributed by atoms with Crippen LogP contribution in [-0.4, -0.2) is 58.8 Å². The Morgan fingerprint density at radius 2 is 1.77 bits per heavy atom. The molecule has 0 spiro atoms. The first kappa shape index (κ1) is 29.0. The molecule has 1 heterocycles. The molecule has 3 aromatic rings. The van der Waals surface area contributed by atoms with Crippen LogP contribution in [0.2, 0.25) is 0 Å². The topological polar surface area (TPSA) is 116 Å². The van der Waals surface area contributed by atoms with E-state index in [1.807, 2.05) is 18.2 Å². The average Bonchev–Trinajstić information content (AvgIpc) is 3.26. The summed E-state index contributed by atoms with van der Waals surface area (Å²) in [6.45, 7) is 8.59. The number of fused-ring (bicyclic) bond motifs is 1. The fourth-order valence-electron chi connectivity index (χ4n) is 3.58. The van der Waals surface area contributed by atoms with Gasteiger partial charge in [-0.15, -0.1) is 0 Å². The van der Waals surface area contributed by atoms with E-state index in [-0.39, 0.29) is 18.2 Å². The number of nitrogens with one attached hydrogen (secondary N) is 1. The summed E-state index contributed by atoms with van der Waals surface area (Å²) in [4.78, 5) is 50.1. The maximum absolute atomic E-state index is 13.1. The van der Waals surface area contributed by atoms with Gasteiger partial charge in [0.05, 0.1) is 12.6 Å². The Labute approximate surface area is 227 Å². The molecule has 0 radical (unpaired) electrons. The van der Waals surface area contributed by atoms with Crippen LogP contribution >= 0.6 is 0 Å². The first-order chi connectivity index (χ1) is 18.4. The van der Waals surface area contributed by atoms with E-state index in [2.05, 4.69) is 10.2 Å². The molecule has 206 valence electrons. The Bertz CT molecular complexity index is 1400. The van der Waals surface area contributed by atoms with Crippen molar-refractivity contribution in [3.63, 3.8) is 0 Å². The van der Waals surface area contributed by atoms with E-state index < -0.39 is 29.5 Å². The van der Waals surface area contributed by atoms with E-state index in [1.54, 1.807) is 71.2 Å². The maximum Gasteiger partial charge on any atom is 0.419 e. The smallest absolute Gasteiger partial charge is 0.419 e. The van der Waals surface area contributed by atoms with Crippen LogP contribution in [-0.2, 0) is 19.1 Å². The number of hydrogen-bond acceptors (Lipinski definition) is 7. The lowest BCUT2D eigenvalue weighted by Gasteiger charge is -2.26. The summed E-state index contributed by atoms with van der Waals surface area (Å²) in [6, 6.07) is 13.1. The number of para-hydroxylation sites is 1. The van der Waals surface area contributed by atoms with Gasteiger partial charge in [0, 0.05) is 34.8 Å². The minimum atomic E-state index is -0.669. The van der Waals surface area contributed by atoms with E-state index >= 15 is 0 Å². The number of hydrazine groups is 1. The van der Waals surface area contributed by atoms with Gasteiger partial charge in [0.2, 0.25) is 0 Å². The van der Waals surface area contributed by atoms with Crippen molar-refractivity contribution in [1.82, 2.24) is 15.0 Å². The van der Waals surface area contributed by atoms with Crippen LogP contribution in [0.15, 0.2) is 60.8 Å². The number of nitrogens with zero attached hydrogens (tertiary/aromatic N) is 2. The number of amides is 2. The number of esters is 1. The van der Waals surface area contributed by atoms with E-state index in [4.69, 9.17) is 9.47 Å². The zero-order chi connectivity index (χ0) is 28.7. The van der Waals surface area contributed by atoms with Crippen LogP contribution < -0.4 is 10.2 Å². The fraction of sp³-hybridized carbons (Fsp3) is 0.310. The summed E-state index contributed by atoms with van der Waals surface area (Å²) < 4.78 is 16.8. The Kier molecular flexibility index (Phi) is 9.13. The van der Waals surface area contributed by atoms with Crippen molar-refractivity contribution in [3.8, 4) is 5.75 Å². The van der Waals surface area contributed by atoms with Crippen molar-refractivity contribution in [2.45, 2.75) is 46.3 Å². The van der Waals surface area contributed by atoms with Gasteiger partial charge in [-0.1, -0.05) is 24.3 Å². The predicted octanol–water partition coefficient (Wildman–Crippen LogP) is 4.57. The largest absolute Gasteiger partial charge is 0.482 e. The van der Waals surface area contributed by atoms with Crippen molar-refractivity contribution in [2.75, 3.05) is 13.7 Å². The minimum Gasteiger partial charge on any atom is -0.482 e. The van der Waals surface area contributed by atoms with E-state index in [9.17, 15) is 19.2 Å². The lowest BCUT2D eigenvalue weighted by atomic mass is 10.1. The molecule has 2 amide bonds. The van der Waals surface area contributed by atoms with Crippen LogP contribution in [0.3, 0.4) is 0 Å². The van der Waals surface area contributed by atoms with Gasteiger partial charge in [-0.3, -0.25) is 19.6 Å². The van der Waals surface area contributed by atoms with E-state index in [0.29, 0.717) is 16.8 Å². The van der Waals surface area contributed by atoms with Crippen LogP contribution in [0.4, 0.5) is 4.79 Å². The summed E-state index contributed by atoms with van der Waals surface area (Å²) >= 11 is 0. The van der Waals surface area contributed by atoms with Crippen molar-refractivity contribution in [2.24, 2.45) is 0 Å². The summed E-state index contributed by atoms with van der Waals surface area (Å²) in [5, 5.41) is 1.96. The number of benzene rings is 2. The molecule has 0 saturated carbocycles. The molecule has 0 unspecified atom stereocenters. The van der Waals surface area contributed by atoms with Crippen molar-refractivity contribution < 1.29 is 33.4 Å². The molecule has 10 heteroatoms. The molecular weight excluding hydrogens is 502 g/mol. The van der Waals surface area contributed by atoms with Gasteiger partial charge in [0.25, 0.3) is 11.8 Å². The molecule has 1 N–H and O–H groups in total. The summed E-state index contributed by atoms with van der Waals surface area (Å²) in [6.07, 6.45) is 4.00. The monoisotopic (exact) mass is 535 g/mol. The first-order valence-corrected chi connectivity index (χ1v) is 12.3. The SMILES string of the molecule is COC(=O)COc1cccc(C(=O)NN(C(=O)/C=C/c2cn(C(=O)OC(C)(C)C)c3ccccc23)C(C)C)c1. The number of carbonyl (C=O) groups excluding carboxylic acids is 4. The minimum absolute atomic E-state index is 0.236. The predicted molar refractivity (Wildman–Crippen MR) is 146 cm³/mol. The van der Waals surface area contributed by atoms with Gasteiger partial charge >= 0.3 is 12.1 Å². The van der Waals surface area contributed by atoms with Crippen LogP contribution in [0.25, 0.3) is 17.0 Å². The fourth-order valence-corrected chi connectivity index (χ4v) is 3.58. The lowest BCUT2D eigenvalue weighted by molar-refractivity contribution is -0.143. The van der Waals surface area contributed by atoms with E-state index in [0.717, 1.165) is 5.39 Å². The molecular formula is C29H33N3O7. The van der Waals surface area contributed by atoms with Gasteiger partial charge in [0.15, 0.2) is 6.61 Å². The second kappa shape index (κ2) is 12.3. The Morgan fingerprint density at radius 3 is 2.44 bits per heavy atom. The van der Waals surface area contributed by atoms with Gasteiger partial charge in [-0.2, -0.15) is 0 Å². The lowest BCUT2D eigenvalue weighted by Crippen LogP contribution is -2.49. The zero-order valence-corrected chi connectivity index (χ0v) is 22.9. The standard InChI is InChI=1S/C29H33N3O7/c1-19(2)32(30-27(35)20-10-9-11-22(16-20)38-18-26(34)37-6)25(33)15-14-21-17-31(28(36)39-29(3,4)5)24-13-8-7-12-23(21)24/h7-17,19H,18H2,1-6H3,(H,30,35)/b15-14+. The number of aromatic nitrogens is 1. The number of rotatable bonds is 7. The highest BCUT2D eigenvalue weighted by atomic mass is 16.6. The second-order valence-corrected chi connectivity index (χ2v) is 9.92. The molecule has 0 aliphatic carbocycles. The third-order valence-electron chi connectivity index (χ3n) is 5.39. The third-order valence-corrected chi connectivity index (χ3v) is 5.39. The highest BCUT2D eigenvalue weighted by molar-refractivity contribution is 6.01. The van der Waals surface area contributed by atoms with Gasteiger partial charge in [0.1, 0.15) is 11.4 Å². The molecule has 2 aromatic carbocycles. The summed E-state index contributed by atoms with van der Waals surface area (Å²) in [5.41, 5.74) is 3.47. The van der Waals surface area contributed by atoms with Gasteiger partial charge in [-0.25, -0.2) is 14.6 Å². The van der Waals surface area contributed by atoms with Crippen molar-refractivity contribution >= 4 is 40.9 Å². The Morgan fingerprint density at radius 1 is 1.05 bits per heavy atom. The molecule has 1 aromatic heterocycles. The van der Waals surface area contributed by atoms with Crippen LogP contribution in [0.1, 0.15) is 50.5 Å². The highest BCUT2D eigenvalue weighted by Gasteiger charge is 2.22. The first-order valence-electron chi connectivity index (χ1n) is 12.3. The molecule has 0 saturated heterocycles. The normalized spacial score (nSPS) is 11.5. The molecule has 0 aliphatic rings. The van der Waals surface area contributed by atoms with Crippen LogP contribution in [0.5, 0.6) is 5.75 Å². The second-order valence-electron chi connectivity index (χ2n) is 9.92. The molecule has 0 bridgehead atoms. The molecule has 10 nitrogen and oxygen atoms in total.